The zero-order valence-corrected chi connectivity index (χ0v) is 25.0. The number of hydrogen-bond donors (Lipinski definition) is 0. The fourth-order valence-electron chi connectivity index (χ4n) is 5.50. The van der Waals surface area contributed by atoms with Crippen LogP contribution < -0.4 is 19.3 Å². The molecule has 14 nitrogen and oxygen atoms in total. The Balaban J connectivity index is 1.05. The van der Waals surface area contributed by atoms with Crippen molar-refractivity contribution in [3.05, 3.63) is 107 Å². The quantitative estimate of drug-likeness (QED) is 0.213. The van der Waals surface area contributed by atoms with Gasteiger partial charge < -0.3 is 18.3 Å². The van der Waals surface area contributed by atoms with E-state index in [0.29, 0.717) is 33.8 Å². The maximum atomic E-state index is 13.5. The van der Waals surface area contributed by atoms with Gasteiger partial charge in [-0.05, 0) is 83.9 Å². The number of aromatic nitrogens is 4. The SMILES string of the molecule is COc1ccc(-c2nnc(N3C(=O)c4ccc(-c5ccc6c(c5)C(=O)N(c5nnc(-c7ccc(OC)cc7)o5)C6=O)cc4C3=O)o2)cc1. The van der Waals surface area contributed by atoms with Crippen molar-refractivity contribution < 1.29 is 37.5 Å². The zero-order chi connectivity index (χ0) is 33.1. The first-order valence-electron chi connectivity index (χ1n) is 14.4. The van der Waals surface area contributed by atoms with Gasteiger partial charge in [0.1, 0.15) is 11.5 Å². The Kier molecular flexibility index (Phi) is 6.44. The Morgan fingerprint density at radius 1 is 0.458 bits per heavy atom. The molecule has 0 unspecified atom stereocenters. The van der Waals surface area contributed by atoms with E-state index in [9.17, 15) is 19.2 Å². The molecule has 2 aromatic heterocycles. The highest BCUT2D eigenvalue weighted by molar-refractivity contribution is 6.35. The summed E-state index contributed by atoms with van der Waals surface area (Å²) in [5, 5.41) is 15.9. The third kappa shape index (κ3) is 4.42. The molecule has 4 amide bonds. The van der Waals surface area contributed by atoms with Crippen LogP contribution in [0.2, 0.25) is 0 Å². The Morgan fingerprint density at radius 3 is 1.19 bits per heavy atom. The summed E-state index contributed by atoms with van der Waals surface area (Å²) in [7, 11) is 3.09. The summed E-state index contributed by atoms with van der Waals surface area (Å²) in [6, 6.07) is 22.5. The molecule has 8 rings (SSSR count). The zero-order valence-electron chi connectivity index (χ0n) is 25.0. The van der Waals surface area contributed by atoms with Gasteiger partial charge in [-0.3, -0.25) is 19.2 Å². The van der Waals surface area contributed by atoms with Gasteiger partial charge in [0, 0.05) is 11.1 Å². The number of amides is 4. The molecule has 4 aromatic carbocycles. The van der Waals surface area contributed by atoms with Crippen molar-refractivity contribution in [2.24, 2.45) is 0 Å². The van der Waals surface area contributed by atoms with Gasteiger partial charge in [-0.2, -0.15) is 9.80 Å². The number of nitrogens with zero attached hydrogens (tertiary/aromatic N) is 6. The lowest BCUT2D eigenvalue weighted by atomic mass is 9.97. The van der Waals surface area contributed by atoms with E-state index < -0.39 is 23.6 Å². The molecule has 0 aliphatic carbocycles. The number of carbonyl (C=O) groups excluding carboxylic acids is 4. The first-order valence-corrected chi connectivity index (χ1v) is 14.4. The number of anilines is 2. The number of ether oxygens (including phenoxy) is 2. The minimum absolute atomic E-state index is 0.114. The molecule has 0 radical (unpaired) electrons. The van der Waals surface area contributed by atoms with Crippen LogP contribution in [0.1, 0.15) is 41.4 Å². The number of carbonyl (C=O) groups is 4. The molecule has 2 aliphatic heterocycles. The van der Waals surface area contributed by atoms with Crippen molar-refractivity contribution in [3.63, 3.8) is 0 Å². The van der Waals surface area contributed by atoms with Crippen LogP contribution in [0.3, 0.4) is 0 Å². The van der Waals surface area contributed by atoms with Gasteiger partial charge in [0.25, 0.3) is 23.6 Å². The Bertz CT molecular complexity index is 2150. The van der Waals surface area contributed by atoms with Gasteiger partial charge in [-0.15, -0.1) is 10.2 Å². The van der Waals surface area contributed by atoms with Crippen LogP contribution in [0, 0.1) is 0 Å². The van der Waals surface area contributed by atoms with Crippen LogP contribution in [0.15, 0.2) is 93.8 Å². The van der Waals surface area contributed by atoms with E-state index >= 15 is 0 Å². The molecule has 0 N–H and O–H groups in total. The molecule has 4 heterocycles. The van der Waals surface area contributed by atoms with Crippen molar-refractivity contribution in [1.82, 2.24) is 20.4 Å². The predicted octanol–water partition coefficient (Wildman–Crippen LogP) is 5.07. The van der Waals surface area contributed by atoms with Gasteiger partial charge in [0.05, 0.1) is 36.5 Å². The van der Waals surface area contributed by atoms with Crippen LogP contribution in [-0.2, 0) is 0 Å². The van der Waals surface area contributed by atoms with Crippen LogP contribution in [0.4, 0.5) is 12.0 Å². The molecule has 6 aromatic rings. The topological polar surface area (TPSA) is 171 Å². The van der Waals surface area contributed by atoms with Crippen LogP contribution >= 0.6 is 0 Å². The second-order valence-electron chi connectivity index (χ2n) is 10.6. The minimum Gasteiger partial charge on any atom is -0.497 e. The number of benzene rings is 4. The van der Waals surface area contributed by atoms with Gasteiger partial charge in [-0.1, -0.05) is 22.3 Å². The molecule has 234 valence electrons. The van der Waals surface area contributed by atoms with Crippen LogP contribution in [0.25, 0.3) is 34.0 Å². The molecule has 0 bridgehead atoms. The van der Waals surface area contributed by atoms with E-state index in [1.807, 2.05) is 0 Å². The number of methoxy groups -OCH3 is 2. The van der Waals surface area contributed by atoms with E-state index in [4.69, 9.17) is 18.3 Å². The first kappa shape index (κ1) is 28.5. The van der Waals surface area contributed by atoms with Crippen molar-refractivity contribution in [2.45, 2.75) is 0 Å². The summed E-state index contributed by atoms with van der Waals surface area (Å²) in [5.41, 5.74) is 2.74. The van der Waals surface area contributed by atoms with E-state index in [1.54, 1.807) is 74.9 Å². The van der Waals surface area contributed by atoms with E-state index in [2.05, 4.69) is 20.4 Å². The second-order valence-corrected chi connectivity index (χ2v) is 10.6. The van der Waals surface area contributed by atoms with Crippen molar-refractivity contribution in [1.29, 1.82) is 0 Å². The third-order valence-corrected chi connectivity index (χ3v) is 7.99. The molecule has 0 saturated heterocycles. The Morgan fingerprint density at radius 2 is 0.812 bits per heavy atom. The molecular weight excluding hydrogens is 620 g/mol. The lowest BCUT2D eigenvalue weighted by Crippen LogP contribution is -2.29. The summed E-state index contributed by atoms with van der Waals surface area (Å²) in [4.78, 5) is 55.1. The van der Waals surface area contributed by atoms with Gasteiger partial charge in [0.2, 0.25) is 11.8 Å². The summed E-state index contributed by atoms with van der Waals surface area (Å²) in [6.45, 7) is 0. The lowest BCUT2D eigenvalue weighted by molar-refractivity contribution is 0.0902. The second kappa shape index (κ2) is 10.8. The number of imide groups is 2. The van der Waals surface area contributed by atoms with Gasteiger partial charge >= 0.3 is 12.0 Å². The highest BCUT2D eigenvalue weighted by Crippen LogP contribution is 2.36. The van der Waals surface area contributed by atoms with Crippen LogP contribution in [0.5, 0.6) is 11.5 Å². The smallest absolute Gasteiger partial charge is 0.332 e. The number of hydrogen-bond acceptors (Lipinski definition) is 12. The molecule has 0 saturated carbocycles. The Labute approximate surface area is 270 Å². The average molecular weight is 641 g/mol. The fraction of sp³-hybridized carbons (Fsp3) is 0.0588. The summed E-state index contributed by atoms with van der Waals surface area (Å²) < 4.78 is 21.7. The number of fused-ring (bicyclic) bond motifs is 2. The van der Waals surface area contributed by atoms with E-state index in [-0.39, 0.29) is 46.1 Å². The standard InChI is InChI=1S/C34H20N6O8/c1-45-21-9-3-17(4-10-21)27-35-37-33(47-27)39-29(41)23-13-7-19(15-25(23)31(39)43)20-8-14-24-26(16-20)32(44)40(30(24)42)34-38-36-28(48-34)18-5-11-22(46-2)12-6-18/h3-16H,1-2H3. The number of rotatable bonds is 7. The summed E-state index contributed by atoms with van der Waals surface area (Å²) in [5.74, 6) is -1.03. The molecule has 48 heavy (non-hydrogen) atoms. The molecule has 2 aliphatic rings. The highest BCUT2D eigenvalue weighted by Gasteiger charge is 2.42. The molecule has 0 atom stereocenters. The minimum atomic E-state index is -0.649. The highest BCUT2D eigenvalue weighted by atomic mass is 16.5. The summed E-state index contributed by atoms with van der Waals surface area (Å²) >= 11 is 0. The van der Waals surface area contributed by atoms with Crippen molar-refractivity contribution in [3.8, 4) is 45.5 Å². The van der Waals surface area contributed by atoms with E-state index in [0.717, 1.165) is 9.80 Å². The normalized spacial score (nSPS) is 13.7. The molecule has 14 heteroatoms. The summed E-state index contributed by atoms with van der Waals surface area (Å²) in [6.07, 6.45) is 0. The maximum Gasteiger partial charge on any atom is 0.332 e. The fourth-order valence-corrected chi connectivity index (χ4v) is 5.50. The molecule has 0 fully saturated rings. The molecule has 0 spiro atoms. The maximum absolute atomic E-state index is 13.5. The van der Waals surface area contributed by atoms with E-state index in [1.165, 1.54) is 24.3 Å². The lowest BCUT2D eigenvalue weighted by Gasteiger charge is -2.07. The monoisotopic (exact) mass is 640 g/mol. The van der Waals surface area contributed by atoms with Crippen LogP contribution in [-0.4, -0.2) is 58.2 Å². The average Bonchev–Trinajstić information content (AvgIpc) is 3.91. The largest absolute Gasteiger partial charge is 0.497 e. The van der Waals surface area contributed by atoms with Gasteiger partial charge in [0.15, 0.2) is 0 Å². The Hall–Kier alpha value is -6.96. The first-order chi connectivity index (χ1) is 23.3. The third-order valence-electron chi connectivity index (χ3n) is 7.99. The molecular formula is C34H20N6O8. The van der Waals surface area contributed by atoms with Gasteiger partial charge in [-0.25, -0.2) is 0 Å². The van der Waals surface area contributed by atoms with Crippen molar-refractivity contribution >= 4 is 35.7 Å². The van der Waals surface area contributed by atoms with Crippen molar-refractivity contribution in [2.75, 3.05) is 24.0 Å². The predicted molar refractivity (Wildman–Crippen MR) is 167 cm³/mol.